The minimum Gasteiger partial charge on any atom is -0.495 e. The van der Waals surface area contributed by atoms with Crippen LogP contribution in [0.4, 0.5) is 0 Å². The van der Waals surface area contributed by atoms with E-state index in [-0.39, 0.29) is 28.3 Å². The summed E-state index contributed by atoms with van der Waals surface area (Å²) in [6, 6.07) is 16.3. The average molecular weight is 548 g/mol. The standard InChI is InChI=1S/C29H33N5O4S/c1-19-17-20(2)34-28(30-19)26(27(32-34)29(35)31-21(3)22-11-7-5-8-12-22)23-13-14-24(38-4)25(18-23)39(36,37)33-15-9-6-10-16-33/h5,7-8,11-14,17-18,21H,6,9-10,15-16H2,1-4H3,(H,31,35)/t21-/m0/s1. The van der Waals surface area contributed by atoms with Gasteiger partial charge in [0.15, 0.2) is 11.3 Å². The fourth-order valence-electron chi connectivity index (χ4n) is 5.11. The van der Waals surface area contributed by atoms with Gasteiger partial charge in [-0.2, -0.15) is 9.40 Å². The van der Waals surface area contributed by atoms with E-state index in [4.69, 9.17) is 9.72 Å². The molecule has 39 heavy (non-hydrogen) atoms. The lowest BCUT2D eigenvalue weighted by Crippen LogP contribution is -2.35. The average Bonchev–Trinajstić information content (AvgIpc) is 3.33. The number of fused-ring (bicyclic) bond motifs is 1. The van der Waals surface area contributed by atoms with Crippen LogP contribution in [-0.4, -0.2) is 53.4 Å². The Morgan fingerprint density at radius 1 is 1.03 bits per heavy atom. The van der Waals surface area contributed by atoms with Crippen LogP contribution in [0.25, 0.3) is 16.8 Å². The molecule has 1 aliphatic rings. The van der Waals surface area contributed by atoms with E-state index >= 15 is 0 Å². The molecule has 0 bridgehead atoms. The normalized spacial score (nSPS) is 15.3. The van der Waals surface area contributed by atoms with Gasteiger partial charge in [0.1, 0.15) is 10.6 Å². The van der Waals surface area contributed by atoms with Gasteiger partial charge in [0.05, 0.1) is 18.7 Å². The molecule has 1 fully saturated rings. The Kier molecular flexibility index (Phi) is 7.42. The quantitative estimate of drug-likeness (QED) is 0.360. The molecule has 0 radical (unpaired) electrons. The zero-order valence-electron chi connectivity index (χ0n) is 22.6. The summed E-state index contributed by atoms with van der Waals surface area (Å²) >= 11 is 0. The van der Waals surface area contributed by atoms with Gasteiger partial charge in [0, 0.05) is 24.5 Å². The van der Waals surface area contributed by atoms with Crippen molar-refractivity contribution in [1.82, 2.24) is 24.2 Å². The lowest BCUT2D eigenvalue weighted by Gasteiger charge is -2.26. The minimum absolute atomic E-state index is 0.0668. The molecule has 4 aromatic rings. The van der Waals surface area contributed by atoms with Crippen LogP contribution in [-0.2, 0) is 10.0 Å². The molecule has 1 amide bonds. The summed E-state index contributed by atoms with van der Waals surface area (Å²) in [4.78, 5) is 18.4. The van der Waals surface area contributed by atoms with Crippen LogP contribution in [0, 0.1) is 13.8 Å². The first-order valence-electron chi connectivity index (χ1n) is 13.1. The number of amides is 1. The Morgan fingerprint density at radius 3 is 2.44 bits per heavy atom. The lowest BCUT2D eigenvalue weighted by atomic mass is 10.0. The van der Waals surface area contributed by atoms with E-state index in [1.807, 2.05) is 57.2 Å². The maximum atomic E-state index is 13.7. The third-order valence-corrected chi connectivity index (χ3v) is 9.06. The number of rotatable bonds is 7. The molecule has 0 aliphatic carbocycles. The molecule has 2 aromatic carbocycles. The smallest absolute Gasteiger partial charge is 0.273 e. The van der Waals surface area contributed by atoms with Crippen molar-refractivity contribution in [1.29, 1.82) is 0 Å². The van der Waals surface area contributed by atoms with Crippen molar-refractivity contribution >= 4 is 21.6 Å². The van der Waals surface area contributed by atoms with Gasteiger partial charge in [0.2, 0.25) is 10.0 Å². The predicted molar refractivity (Wildman–Crippen MR) is 149 cm³/mol. The molecule has 1 atom stereocenters. The minimum atomic E-state index is -3.82. The molecule has 0 spiro atoms. The number of piperidine rings is 1. The zero-order valence-corrected chi connectivity index (χ0v) is 23.5. The second kappa shape index (κ2) is 10.8. The van der Waals surface area contributed by atoms with Crippen molar-refractivity contribution in [3.05, 3.63) is 77.2 Å². The predicted octanol–water partition coefficient (Wildman–Crippen LogP) is 4.69. The highest BCUT2D eigenvalue weighted by Gasteiger charge is 2.31. The molecule has 1 aliphatic heterocycles. The van der Waals surface area contributed by atoms with E-state index in [1.54, 1.807) is 22.7 Å². The zero-order chi connectivity index (χ0) is 27.7. The summed E-state index contributed by atoms with van der Waals surface area (Å²) in [5.74, 6) is -0.120. The topological polar surface area (TPSA) is 106 Å². The fraction of sp³-hybridized carbons (Fsp3) is 0.345. The molecule has 0 unspecified atom stereocenters. The summed E-state index contributed by atoms with van der Waals surface area (Å²) in [7, 11) is -2.36. The van der Waals surface area contributed by atoms with Crippen LogP contribution < -0.4 is 10.1 Å². The van der Waals surface area contributed by atoms with Gasteiger partial charge in [-0.1, -0.05) is 42.8 Å². The van der Waals surface area contributed by atoms with Gasteiger partial charge in [-0.25, -0.2) is 17.9 Å². The second-order valence-corrected chi connectivity index (χ2v) is 11.8. The number of nitrogens with one attached hydrogen (secondary N) is 1. The van der Waals surface area contributed by atoms with Crippen LogP contribution in [0.15, 0.2) is 59.5 Å². The summed E-state index contributed by atoms with van der Waals surface area (Å²) in [6.07, 6.45) is 2.65. The van der Waals surface area contributed by atoms with Crippen LogP contribution in [0.3, 0.4) is 0 Å². The van der Waals surface area contributed by atoms with Crippen LogP contribution in [0.5, 0.6) is 5.75 Å². The Morgan fingerprint density at radius 2 is 1.74 bits per heavy atom. The third-order valence-electron chi connectivity index (χ3n) is 7.14. The van der Waals surface area contributed by atoms with Crippen LogP contribution >= 0.6 is 0 Å². The van der Waals surface area contributed by atoms with E-state index in [9.17, 15) is 13.2 Å². The highest BCUT2D eigenvalue weighted by molar-refractivity contribution is 7.89. The fourth-order valence-corrected chi connectivity index (χ4v) is 6.81. The largest absolute Gasteiger partial charge is 0.495 e. The molecule has 1 saturated heterocycles. The molecule has 5 rings (SSSR count). The second-order valence-electron chi connectivity index (χ2n) is 9.93. The van der Waals surface area contributed by atoms with E-state index in [2.05, 4.69) is 10.4 Å². The van der Waals surface area contributed by atoms with Gasteiger partial charge < -0.3 is 10.1 Å². The van der Waals surface area contributed by atoms with Gasteiger partial charge >= 0.3 is 0 Å². The maximum Gasteiger partial charge on any atom is 0.273 e. The van der Waals surface area contributed by atoms with Crippen molar-refractivity contribution in [3.63, 3.8) is 0 Å². The number of carbonyl (C=O) groups is 1. The van der Waals surface area contributed by atoms with Crippen molar-refractivity contribution < 1.29 is 17.9 Å². The first-order valence-corrected chi connectivity index (χ1v) is 14.6. The Balaban J connectivity index is 1.65. The number of carbonyl (C=O) groups excluding carboxylic acids is 1. The molecule has 2 aromatic heterocycles. The van der Waals surface area contributed by atoms with Gasteiger partial charge in [-0.3, -0.25) is 4.79 Å². The monoisotopic (exact) mass is 547 g/mol. The molecular weight excluding hydrogens is 514 g/mol. The first-order chi connectivity index (χ1) is 18.7. The highest BCUT2D eigenvalue weighted by atomic mass is 32.2. The summed E-state index contributed by atoms with van der Waals surface area (Å²) in [5.41, 5.74) is 4.18. The van der Waals surface area contributed by atoms with Gasteiger partial charge in [-0.15, -0.1) is 0 Å². The number of benzene rings is 2. The molecule has 1 N–H and O–H groups in total. The number of methoxy groups -OCH3 is 1. The van der Waals surface area contributed by atoms with E-state index in [0.29, 0.717) is 29.9 Å². The number of sulfonamides is 1. The Hall–Kier alpha value is -3.76. The number of hydrogen-bond acceptors (Lipinski definition) is 6. The summed E-state index contributed by atoms with van der Waals surface area (Å²) in [6.45, 7) is 6.62. The SMILES string of the molecule is COc1ccc(-c2c(C(=O)N[C@@H](C)c3ccccc3)nn3c(C)cc(C)nc23)cc1S(=O)(=O)N1CCCCC1. The summed E-state index contributed by atoms with van der Waals surface area (Å²) < 4.78 is 36.0. The molecular formula is C29H33N5O4S. The number of ether oxygens (including phenoxy) is 1. The van der Waals surface area contributed by atoms with Crippen molar-refractivity contribution in [2.75, 3.05) is 20.2 Å². The number of aryl methyl sites for hydroxylation is 2. The molecule has 9 nitrogen and oxygen atoms in total. The molecule has 10 heteroatoms. The number of hydrogen-bond donors (Lipinski definition) is 1. The third kappa shape index (κ3) is 5.14. The molecule has 204 valence electrons. The highest BCUT2D eigenvalue weighted by Crippen LogP contribution is 2.36. The lowest BCUT2D eigenvalue weighted by molar-refractivity contribution is 0.0935. The van der Waals surface area contributed by atoms with Crippen molar-refractivity contribution in [3.8, 4) is 16.9 Å². The Bertz CT molecular complexity index is 1630. The van der Waals surface area contributed by atoms with E-state index in [1.165, 1.54) is 11.4 Å². The molecule has 0 saturated carbocycles. The van der Waals surface area contributed by atoms with E-state index in [0.717, 1.165) is 36.2 Å². The van der Waals surface area contributed by atoms with Gasteiger partial charge in [-0.05, 0) is 62.9 Å². The van der Waals surface area contributed by atoms with Crippen LogP contribution in [0.2, 0.25) is 0 Å². The van der Waals surface area contributed by atoms with Crippen molar-refractivity contribution in [2.24, 2.45) is 0 Å². The van der Waals surface area contributed by atoms with Gasteiger partial charge in [0.25, 0.3) is 5.91 Å². The maximum absolute atomic E-state index is 13.7. The Labute approximate surface area is 228 Å². The number of nitrogens with zero attached hydrogens (tertiary/aromatic N) is 4. The van der Waals surface area contributed by atoms with E-state index < -0.39 is 10.0 Å². The molecule has 3 heterocycles. The number of aromatic nitrogens is 3. The first kappa shape index (κ1) is 26.8. The van der Waals surface area contributed by atoms with Crippen molar-refractivity contribution in [2.45, 2.75) is 51.0 Å². The van der Waals surface area contributed by atoms with Crippen LogP contribution in [0.1, 0.15) is 59.7 Å². The summed E-state index contributed by atoms with van der Waals surface area (Å²) in [5, 5.41) is 7.69.